The summed E-state index contributed by atoms with van der Waals surface area (Å²) in [5.41, 5.74) is 0.133. The molecule has 1 aliphatic carbocycles. The number of carbonyl (C=O) groups excluding carboxylic acids is 2. The maximum atomic E-state index is 14.4. The third kappa shape index (κ3) is 6.19. The van der Waals surface area contributed by atoms with Crippen LogP contribution in [0.4, 0.5) is 13.2 Å². The van der Waals surface area contributed by atoms with Crippen LogP contribution >= 0.6 is 0 Å². The summed E-state index contributed by atoms with van der Waals surface area (Å²) in [6.45, 7) is 6.48. The molecule has 218 valence electrons. The number of benzene rings is 2. The molecule has 1 saturated carbocycles. The first-order chi connectivity index (χ1) is 19.4. The first kappa shape index (κ1) is 28.9. The molecule has 2 aliphatic rings. The summed E-state index contributed by atoms with van der Waals surface area (Å²) in [5.74, 6) is -0.773. The number of rotatable bonds is 8. The monoisotopic (exact) mass is 569 g/mol. The number of amides is 2. The zero-order valence-electron chi connectivity index (χ0n) is 23.3. The highest BCUT2D eigenvalue weighted by Gasteiger charge is 2.47. The third-order valence-corrected chi connectivity index (χ3v) is 7.91. The Hall–Kier alpha value is -3.62. The van der Waals surface area contributed by atoms with Gasteiger partial charge in [-0.3, -0.25) is 14.9 Å². The van der Waals surface area contributed by atoms with Gasteiger partial charge in [0, 0.05) is 42.5 Å². The number of hydrogen-bond acceptors (Lipinski definition) is 6. The molecule has 8 nitrogen and oxygen atoms in total. The van der Waals surface area contributed by atoms with Crippen LogP contribution in [0.3, 0.4) is 0 Å². The summed E-state index contributed by atoms with van der Waals surface area (Å²) in [4.78, 5) is 30.0. The average molecular weight is 570 g/mol. The minimum Gasteiger partial charge on any atom is -0.456 e. The second-order valence-corrected chi connectivity index (χ2v) is 11.7. The van der Waals surface area contributed by atoms with Crippen LogP contribution in [0.2, 0.25) is 0 Å². The topological polar surface area (TPSA) is 102 Å². The molecule has 0 bridgehead atoms. The van der Waals surface area contributed by atoms with Gasteiger partial charge in [-0.1, -0.05) is 26.0 Å². The van der Waals surface area contributed by atoms with E-state index in [9.17, 15) is 28.0 Å². The molecule has 2 aromatic carbocycles. The van der Waals surface area contributed by atoms with E-state index in [1.54, 1.807) is 29.2 Å². The van der Waals surface area contributed by atoms with E-state index in [0.29, 0.717) is 47.9 Å². The van der Waals surface area contributed by atoms with Crippen LogP contribution < -0.4 is 10.6 Å². The van der Waals surface area contributed by atoms with Crippen LogP contribution in [-0.4, -0.2) is 72.6 Å². The van der Waals surface area contributed by atoms with E-state index in [1.807, 2.05) is 20.9 Å². The van der Waals surface area contributed by atoms with Gasteiger partial charge in [-0.2, -0.15) is 18.4 Å². The lowest BCUT2D eigenvalue weighted by Gasteiger charge is -2.32. The van der Waals surface area contributed by atoms with Gasteiger partial charge in [0.1, 0.15) is 22.7 Å². The summed E-state index contributed by atoms with van der Waals surface area (Å²) < 4.78 is 49.1. The molecule has 0 unspecified atom stereocenters. The number of furan rings is 1. The molecule has 1 aromatic heterocycles. The fraction of sp³-hybridized carbons (Fsp3) is 0.500. The normalized spacial score (nSPS) is 18.8. The Bertz CT molecular complexity index is 1500. The molecular formula is C30H34F3N5O3. The molecule has 2 amide bonds. The molecule has 1 saturated heterocycles. The number of nitrogens with zero attached hydrogens (tertiary/aromatic N) is 3. The van der Waals surface area contributed by atoms with Crippen molar-refractivity contribution in [1.29, 1.82) is 5.26 Å². The molecule has 41 heavy (non-hydrogen) atoms. The lowest BCUT2D eigenvalue weighted by atomic mass is 9.98. The van der Waals surface area contributed by atoms with E-state index in [-0.39, 0.29) is 29.4 Å². The molecule has 3 aromatic rings. The summed E-state index contributed by atoms with van der Waals surface area (Å²) >= 11 is 0. The van der Waals surface area contributed by atoms with Crippen LogP contribution in [0.15, 0.2) is 40.8 Å². The van der Waals surface area contributed by atoms with Crippen LogP contribution in [0.1, 0.15) is 55.1 Å². The average Bonchev–Trinajstić information content (AvgIpc) is 3.60. The molecule has 2 heterocycles. The van der Waals surface area contributed by atoms with Gasteiger partial charge in [-0.05, 0) is 62.1 Å². The summed E-state index contributed by atoms with van der Waals surface area (Å²) in [6.07, 6.45) is -3.57. The lowest BCUT2D eigenvalue weighted by molar-refractivity contribution is -0.161. The van der Waals surface area contributed by atoms with Gasteiger partial charge in [0.25, 0.3) is 5.91 Å². The van der Waals surface area contributed by atoms with Crippen LogP contribution in [-0.2, 0) is 4.79 Å². The lowest BCUT2D eigenvalue weighted by Crippen LogP contribution is -2.52. The Labute approximate surface area is 236 Å². The minimum atomic E-state index is -4.70. The highest BCUT2D eigenvalue weighted by molar-refractivity contribution is 6.08. The zero-order chi connectivity index (χ0) is 29.5. The molecule has 11 heteroatoms. The van der Waals surface area contributed by atoms with Crippen molar-refractivity contribution >= 4 is 33.8 Å². The van der Waals surface area contributed by atoms with Crippen molar-refractivity contribution in [3.8, 4) is 6.07 Å². The first-order valence-electron chi connectivity index (χ1n) is 13.9. The van der Waals surface area contributed by atoms with E-state index in [1.165, 1.54) is 12.1 Å². The Balaban J connectivity index is 1.43. The highest BCUT2D eigenvalue weighted by Crippen LogP contribution is 2.38. The van der Waals surface area contributed by atoms with Crippen molar-refractivity contribution in [2.45, 2.75) is 56.9 Å². The Kier molecular flexibility index (Phi) is 7.74. The van der Waals surface area contributed by atoms with Gasteiger partial charge in [-0.25, -0.2) is 0 Å². The molecule has 2 atom stereocenters. The second-order valence-electron chi connectivity index (χ2n) is 11.7. The van der Waals surface area contributed by atoms with E-state index in [0.717, 1.165) is 13.1 Å². The maximum absolute atomic E-state index is 14.4. The van der Waals surface area contributed by atoms with Crippen molar-refractivity contribution in [1.82, 2.24) is 20.4 Å². The van der Waals surface area contributed by atoms with E-state index >= 15 is 0 Å². The largest absolute Gasteiger partial charge is 0.456 e. The Morgan fingerprint density at radius 1 is 1.05 bits per heavy atom. The van der Waals surface area contributed by atoms with Crippen molar-refractivity contribution in [2.24, 2.45) is 5.92 Å². The van der Waals surface area contributed by atoms with Crippen molar-refractivity contribution < 1.29 is 27.2 Å². The molecule has 2 fully saturated rings. The fourth-order valence-electron chi connectivity index (χ4n) is 5.31. The van der Waals surface area contributed by atoms with E-state index < -0.39 is 29.7 Å². The third-order valence-electron chi connectivity index (χ3n) is 7.91. The molecule has 5 rings (SSSR count). The van der Waals surface area contributed by atoms with Crippen molar-refractivity contribution in [3.63, 3.8) is 0 Å². The Morgan fingerprint density at radius 2 is 1.76 bits per heavy atom. The van der Waals surface area contributed by atoms with Gasteiger partial charge in [-0.15, -0.1) is 0 Å². The molecular weight excluding hydrogens is 535 g/mol. The predicted molar refractivity (Wildman–Crippen MR) is 148 cm³/mol. The predicted octanol–water partition coefficient (Wildman–Crippen LogP) is 4.75. The zero-order valence-corrected chi connectivity index (χ0v) is 23.3. The van der Waals surface area contributed by atoms with Crippen LogP contribution in [0.25, 0.3) is 21.9 Å². The number of piperazine rings is 1. The maximum Gasteiger partial charge on any atom is 0.407 e. The first-order valence-corrected chi connectivity index (χ1v) is 13.9. The summed E-state index contributed by atoms with van der Waals surface area (Å²) in [5, 5.41) is 15.8. The second kappa shape index (κ2) is 11.0. The van der Waals surface area contributed by atoms with Crippen molar-refractivity contribution in [2.75, 3.05) is 33.2 Å². The number of fused-ring (bicyclic) bond motifs is 3. The molecule has 0 spiro atoms. The number of likely N-dealkylation sites (N-methyl/N-ethyl adjacent to an activating group) is 1. The van der Waals surface area contributed by atoms with Gasteiger partial charge >= 0.3 is 6.18 Å². The van der Waals surface area contributed by atoms with E-state index in [4.69, 9.17) is 4.42 Å². The number of nitrogens with one attached hydrogen (secondary N) is 2. The van der Waals surface area contributed by atoms with E-state index in [2.05, 4.69) is 21.6 Å². The SMILES string of the molecule is CC(C)C[C@H](N[C@@H](c1ccc2c(c1)oc1ccc(C(=O)N3CCN(C)CC3)cc12)C(F)(F)F)C(=O)NC1(C#N)CC1. The number of halogens is 3. The summed E-state index contributed by atoms with van der Waals surface area (Å²) in [7, 11) is 2.01. The standard InChI is InChI=1S/C30H34F3N5O3/c1-18(2)14-23(27(39)36-29(17-34)8-9-29)35-26(30(31,32)33)19-4-6-21-22-15-20(5-7-24(22)41-25(21)16-19)28(40)38-12-10-37(3)11-13-38/h4-7,15-16,18,23,26,35H,8-14H2,1-3H3,(H,36,39)/t23-,26-/m0/s1. The van der Waals surface area contributed by atoms with Gasteiger partial charge in [0.15, 0.2) is 0 Å². The molecule has 1 aliphatic heterocycles. The fourth-order valence-corrected chi connectivity index (χ4v) is 5.31. The Morgan fingerprint density at radius 3 is 2.37 bits per heavy atom. The number of carbonyl (C=O) groups is 2. The molecule has 0 radical (unpaired) electrons. The van der Waals surface area contributed by atoms with Crippen LogP contribution in [0, 0.1) is 17.2 Å². The summed E-state index contributed by atoms with van der Waals surface area (Å²) in [6, 6.07) is 8.11. The minimum absolute atomic E-state index is 0.0648. The number of alkyl halides is 3. The van der Waals surface area contributed by atoms with Gasteiger partial charge in [0.05, 0.1) is 12.1 Å². The van der Waals surface area contributed by atoms with Crippen molar-refractivity contribution in [3.05, 3.63) is 47.5 Å². The smallest absolute Gasteiger partial charge is 0.407 e. The number of nitriles is 1. The number of hydrogen-bond donors (Lipinski definition) is 2. The quantitative estimate of drug-likeness (QED) is 0.406. The van der Waals surface area contributed by atoms with Crippen LogP contribution in [0.5, 0.6) is 0 Å². The van der Waals surface area contributed by atoms with Gasteiger partial charge in [0.2, 0.25) is 5.91 Å². The molecule has 2 N–H and O–H groups in total. The van der Waals surface area contributed by atoms with Gasteiger partial charge < -0.3 is 19.5 Å². The highest BCUT2D eigenvalue weighted by atomic mass is 19.4.